The molecule has 0 aliphatic carbocycles. The van der Waals surface area contributed by atoms with E-state index < -0.39 is 38.7 Å². The van der Waals surface area contributed by atoms with E-state index in [0.29, 0.717) is 0 Å². The van der Waals surface area contributed by atoms with Crippen molar-refractivity contribution < 1.29 is 32.1 Å². The fraction of sp³-hybridized carbons (Fsp3) is 0.208. The number of hydrogen-bond donors (Lipinski definition) is 2. The maximum atomic E-state index is 13.9. The normalized spacial score (nSPS) is 11.2. The Morgan fingerprint density at radius 1 is 0.974 bits per heavy atom. The molecule has 1 aromatic carbocycles. The van der Waals surface area contributed by atoms with Crippen molar-refractivity contribution in [2.24, 2.45) is 0 Å². The van der Waals surface area contributed by atoms with Crippen LogP contribution in [0.4, 0.5) is 10.1 Å². The number of benzene rings is 1. The maximum Gasteiger partial charge on any atom is 0.287 e. The molecule has 39 heavy (non-hydrogen) atoms. The van der Waals surface area contributed by atoms with E-state index in [1.54, 1.807) is 30.3 Å². The lowest BCUT2D eigenvalue weighted by atomic mass is 10.2. The number of aromatic nitrogens is 5. The van der Waals surface area contributed by atoms with Gasteiger partial charge >= 0.3 is 0 Å². The third kappa shape index (κ3) is 5.87. The molecule has 0 atom stereocenters. The Hall–Kier alpha value is -4.79. The first-order chi connectivity index (χ1) is 18.7. The molecule has 0 bridgehead atoms. The molecule has 0 radical (unpaired) electrons. The third-order valence-corrected chi connectivity index (χ3v) is 6.63. The number of aryl methyl sites for hydroxylation is 1. The summed E-state index contributed by atoms with van der Waals surface area (Å²) in [4.78, 5) is 29.7. The van der Waals surface area contributed by atoms with Crippen LogP contribution in [-0.4, -0.2) is 65.1 Å². The van der Waals surface area contributed by atoms with E-state index in [2.05, 4.69) is 24.7 Å². The first kappa shape index (κ1) is 27.3. The fourth-order valence-corrected chi connectivity index (χ4v) is 4.63. The quantitative estimate of drug-likeness (QED) is 0.292. The van der Waals surface area contributed by atoms with E-state index in [0.717, 1.165) is 17.0 Å². The summed E-state index contributed by atoms with van der Waals surface area (Å²) in [5, 5.41) is 10.7. The Bertz CT molecular complexity index is 1640. The number of sulfonamides is 1. The van der Waals surface area contributed by atoms with Crippen molar-refractivity contribution in [2.45, 2.75) is 6.42 Å². The number of nitrogens with one attached hydrogen (secondary N) is 1. The number of para-hydroxylation sites is 1. The van der Waals surface area contributed by atoms with E-state index in [9.17, 15) is 22.7 Å². The number of ether oxygens (including phenoxy) is 3. The van der Waals surface area contributed by atoms with Crippen LogP contribution in [0.3, 0.4) is 0 Å². The highest BCUT2D eigenvalue weighted by Crippen LogP contribution is 2.35. The lowest BCUT2D eigenvalue weighted by molar-refractivity contribution is 0.390. The van der Waals surface area contributed by atoms with Gasteiger partial charge in [-0.05, 0) is 18.2 Å². The van der Waals surface area contributed by atoms with Crippen LogP contribution >= 0.6 is 0 Å². The zero-order valence-electron chi connectivity index (χ0n) is 21.0. The number of halogens is 1. The second kappa shape index (κ2) is 11.3. The van der Waals surface area contributed by atoms with Crippen LogP contribution in [0.25, 0.3) is 17.2 Å². The molecular formula is C24H23FN6O7S. The number of rotatable bonds is 10. The van der Waals surface area contributed by atoms with Gasteiger partial charge in [0.1, 0.15) is 28.7 Å². The lowest BCUT2D eigenvalue weighted by Gasteiger charge is -2.19. The van der Waals surface area contributed by atoms with Crippen molar-refractivity contribution in [2.75, 3.05) is 31.8 Å². The van der Waals surface area contributed by atoms with Crippen molar-refractivity contribution >= 4 is 15.7 Å². The zero-order valence-corrected chi connectivity index (χ0v) is 21.8. The highest BCUT2D eigenvalue weighted by Gasteiger charge is 2.27. The molecule has 4 rings (SSSR count). The second-order valence-corrected chi connectivity index (χ2v) is 9.68. The first-order valence-electron chi connectivity index (χ1n) is 11.2. The molecule has 2 N–H and O–H groups in total. The largest absolute Gasteiger partial charge is 0.494 e. The molecule has 15 heteroatoms. The van der Waals surface area contributed by atoms with Crippen LogP contribution in [-0.2, 0) is 16.4 Å². The molecule has 0 aliphatic rings. The highest BCUT2D eigenvalue weighted by molar-refractivity contribution is 7.92. The molecule has 0 saturated carbocycles. The Kier molecular flexibility index (Phi) is 7.90. The average Bonchev–Trinajstić information content (AvgIpc) is 2.94. The molecule has 3 heterocycles. The van der Waals surface area contributed by atoms with Crippen molar-refractivity contribution in [3.05, 3.63) is 70.8 Å². The number of nitrogens with zero attached hydrogens (tertiary/aromatic N) is 5. The Morgan fingerprint density at radius 3 is 2.23 bits per heavy atom. The standard InChI is InChI=1S/C24H23FN6O7S/c1-36-16-7-5-8-17(37-2)21(16)31-22(15-6-4-9-19(28-15)38-3)29-23(32)20(24(31)33)30-39(34,35)11-10-18-26-12-14(25)13-27-18/h4-9,12-13,30,32H,10-11H2,1-3H3. The van der Waals surface area contributed by atoms with Crippen LogP contribution in [0.1, 0.15) is 5.82 Å². The van der Waals surface area contributed by atoms with Crippen LogP contribution in [0.15, 0.2) is 53.6 Å². The Balaban J connectivity index is 1.87. The van der Waals surface area contributed by atoms with Crippen molar-refractivity contribution in [3.63, 3.8) is 0 Å². The number of methoxy groups -OCH3 is 3. The van der Waals surface area contributed by atoms with E-state index in [1.165, 1.54) is 27.4 Å². The third-order valence-electron chi connectivity index (χ3n) is 5.38. The summed E-state index contributed by atoms with van der Waals surface area (Å²) in [6.45, 7) is 0. The molecule has 13 nitrogen and oxygen atoms in total. The minimum Gasteiger partial charge on any atom is -0.494 e. The van der Waals surface area contributed by atoms with Gasteiger partial charge in [-0.15, -0.1) is 0 Å². The number of aromatic hydroxyl groups is 1. The van der Waals surface area contributed by atoms with Gasteiger partial charge in [0, 0.05) is 12.5 Å². The predicted octanol–water partition coefficient (Wildman–Crippen LogP) is 1.94. The summed E-state index contributed by atoms with van der Waals surface area (Å²) in [6, 6.07) is 9.45. The minimum absolute atomic E-state index is 0.0692. The van der Waals surface area contributed by atoms with Gasteiger partial charge in [0.2, 0.25) is 21.8 Å². The van der Waals surface area contributed by atoms with Gasteiger partial charge in [0.25, 0.3) is 5.56 Å². The minimum atomic E-state index is -4.24. The molecular weight excluding hydrogens is 535 g/mol. The number of pyridine rings is 1. The van der Waals surface area contributed by atoms with Gasteiger partial charge in [0.05, 0.1) is 39.5 Å². The average molecular weight is 559 g/mol. The van der Waals surface area contributed by atoms with Crippen LogP contribution in [0.5, 0.6) is 23.3 Å². The van der Waals surface area contributed by atoms with Crippen LogP contribution < -0.4 is 24.5 Å². The molecule has 204 valence electrons. The van der Waals surface area contributed by atoms with Crippen LogP contribution in [0, 0.1) is 5.82 Å². The van der Waals surface area contributed by atoms with Gasteiger partial charge in [0.15, 0.2) is 17.3 Å². The molecule has 0 spiro atoms. The van der Waals surface area contributed by atoms with Crippen molar-refractivity contribution in [3.8, 4) is 40.5 Å². The van der Waals surface area contributed by atoms with Crippen LogP contribution in [0.2, 0.25) is 0 Å². The molecule has 0 unspecified atom stereocenters. The summed E-state index contributed by atoms with van der Waals surface area (Å²) in [6.07, 6.45) is 1.62. The molecule has 0 saturated heterocycles. The molecule has 0 aliphatic heterocycles. The number of hydrogen-bond acceptors (Lipinski definition) is 11. The fourth-order valence-electron chi connectivity index (χ4n) is 3.58. The van der Waals surface area contributed by atoms with Crippen molar-refractivity contribution in [1.29, 1.82) is 0 Å². The monoisotopic (exact) mass is 558 g/mol. The van der Waals surface area contributed by atoms with Gasteiger partial charge in [-0.3, -0.25) is 9.52 Å². The smallest absolute Gasteiger partial charge is 0.287 e. The topological polar surface area (TPSA) is 168 Å². The predicted molar refractivity (Wildman–Crippen MR) is 137 cm³/mol. The first-order valence-corrected chi connectivity index (χ1v) is 12.9. The van der Waals surface area contributed by atoms with Gasteiger partial charge < -0.3 is 19.3 Å². The number of anilines is 1. The summed E-state index contributed by atoms with van der Waals surface area (Å²) in [5.74, 6) is -1.64. The van der Waals surface area contributed by atoms with Gasteiger partial charge in [-0.1, -0.05) is 12.1 Å². The maximum absolute atomic E-state index is 13.9. The molecule has 0 fully saturated rings. The van der Waals surface area contributed by atoms with Gasteiger partial charge in [-0.2, -0.15) is 4.98 Å². The van der Waals surface area contributed by atoms with Crippen molar-refractivity contribution in [1.82, 2.24) is 24.5 Å². The Labute approximate surface area is 222 Å². The summed E-state index contributed by atoms with van der Waals surface area (Å²) in [5.41, 5.74) is -1.52. The van der Waals surface area contributed by atoms with Gasteiger partial charge in [-0.25, -0.2) is 32.3 Å². The SMILES string of the molecule is COc1cccc(-c2nc(O)c(NS(=O)(=O)CCc3ncc(F)cn3)c(=O)n2-c2c(OC)cccc2OC)n1. The summed E-state index contributed by atoms with van der Waals surface area (Å²) >= 11 is 0. The lowest BCUT2D eigenvalue weighted by Crippen LogP contribution is -2.29. The molecule has 3 aromatic heterocycles. The summed E-state index contributed by atoms with van der Waals surface area (Å²) in [7, 11) is -0.0832. The molecule has 0 amide bonds. The van der Waals surface area contributed by atoms with E-state index in [4.69, 9.17) is 14.2 Å². The zero-order chi connectivity index (χ0) is 28.2. The Morgan fingerprint density at radius 2 is 1.62 bits per heavy atom. The highest BCUT2D eigenvalue weighted by atomic mass is 32.2. The van der Waals surface area contributed by atoms with E-state index in [1.807, 2.05) is 0 Å². The summed E-state index contributed by atoms with van der Waals surface area (Å²) < 4.78 is 58.0. The molecule has 4 aromatic rings. The van der Waals surface area contributed by atoms with E-state index in [-0.39, 0.29) is 46.8 Å². The second-order valence-electron chi connectivity index (χ2n) is 7.84. The van der Waals surface area contributed by atoms with E-state index >= 15 is 0 Å².